The first-order valence-electron chi connectivity index (χ1n) is 7.58. The molecule has 0 aliphatic rings. The molecule has 0 aromatic carbocycles. The summed E-state index contributed by atoms with van der Waals surface area (Å²) in [7, 11) is 0. The topological polar surface area (TPSA) is 81.1 Å². The number of hydrogen-bond acceptors (Lipinski definition) is 4. The molecule has 0 aliphatic heterocycles. The fourth-order valence-corrected chi connectivity index (χ4v) is 2.04. The van der Waals surface area contributed by atoms with Gasteiger partial charge in [0.1, 0.15) is 0 Å². The Labute approximate surface area is 136 Å². The summed E-state index contributed by atoms with van der Waals surface area (Å²) in [6, 6.07) is 5.31. The molecule has 0 radical (unpaired) electrons. The van der Waals surface area contributed by atoms with E-state index in [2.05, 4.69) is 20.7 Å². The second-order valence-electron chi connectivity index (χ2n) is 5.85. The van der Waals surface area contributed by atoms with Crippen LogP contribution in [-0.4, -0.2) is 39.5 Å². The number of rotatable bonds is 7. The Kier molecular flexibility index (Phi) is 5.70. The van der Waals surface area contributed by atoms with E-state index in [9.17, 15) is 4.79 Å². The fourth-order valence-electron chi connectivity index (χ4n) is 2.04. The molecule has 2 aromatic heterocycles. The number of nitrogens with one attached hydrogen (secondary N) is 2. The van der Waals surface area contributed by atoms with Crippen LogP contribution in [0.2, 0.25) is 0 Å². The second kappa shape index (κ2) is 7.73. The van der Waals surface area contributed by atoms with Gasteiger partial charge in [0.25, 0.3) is 0 Å². The number of pyridine rings is 1. The standard InChI is InChI=1S/C16H23N5O2/c1-4-23-12-16(2,3)19-15(22)18-14-7-10-21(20-14)11-13-5-8-17-9-6-13/h5-10H,4,11-12H2,1-3H3,(H2,18,19,20,22). The molecule has 7 heteroatoms. The number of carbonyl (C=O) groups is 1. The molecule has 0 atom stereocenters. The van der Waals surface area contributed by atoms with E-state index in [0.29, 0.717) is 25.6 Å². The highest BCUT2D eigenvalue weighted by molar-refractivity contribution is 5.88. The summed E-state index contributed by atoms with van der Waals surface area (Å²) in [6.07, 6.45) is 5.30. The van der Waals surface area contributed by atoms with Gasteiger partial charge in [0, 0.05) is 31.3 Å². The van der Waals surface area contributed by atoms with Crippen LogP contribution >= 0.6 is 0 Å². The van der Waals surface area contributed by atoms with Gasteiger partial charge in [-0.2, -0.15) is 5.10 Å². The van der Waals surface area contributed by atoms with E-state index >= 15 is 0 Å². The zero-order chi connectivity index (χ0) is 16.7. The molecule has 23 heavy (non-hydrogen) atoms. The third kappa shape index (κ3) is 5.71. The Hall–Kier alpha value is -2.41. The van der Waals surface area contributed by atoms with Gasteiger partial charge in [-0.1, -0.05) is 0 Å². The number of amides is 2. The fraction of sp³-hybridized carbons (Fsp3) is 0.438. The Bertz CT molecular complexity index is 624. The molecule has 2 amide bonds. The normalized spacial score (nSPS) is 11.3. The maximum absolute atomic E-state index is 12.0. The SMILES string of the molecule is CCOCC(C)(C)NC(=O)Nc1ccn(Cc2ccncc2)n1. The zero-order valence-corrected chi connectivity index (χ0v) is 13.7. The van der Waals surface area contributed by atoms with Crippen molar-refractivity contribution in [2.24, 2.45) is 0 Å². The van der Waals surface area contributed by atoms with Gasteiger partial charge in [0.15, 0.2) is 5.82 Å². The highest BCUT2D eigenvalue weighted by atomic mass is 16.5. The molecule has 0 aliphatic carbocycles. The summed E-state index contributed by atoms with van der Waals surface area (Å²) in [6.45, 7) is 7.43. The summed E-state index contributed by atoms with van der Waals surface area (Å²) >= 11 is 0. The van der Waals surface area contributed by atoms with Crippen molar-refractivity contribution in [2.75, 3.05) is 18.5 Å². The van der Waals surface area contributed by atoms with Crippen LogP contribution in [-0.2, 0) is 11.3 Å². The summed E-state index contributed by atoms with van der Waals surface area (Å²) in [5, 5.41) is 9.93. The second-order valence-corrected chi connectivity index (χ2v) is 5.85. The summed E-state index contributed by atoms with van der Waals surface area (Å²) < 4.78 is 7.11. The minimum Gasteiger partial charge on any atom is -0.379 e. The first-order valence-corrected chi connectivity index (χ1v) is 7.58. The predicted octanol–water partition coefficient (Wildman–Crippen LogP) is 2.26. The third-order valence-electron chi connectivity index (χ3n) is 3.10. The molecule has 0 fully saturated rings. The van der Waals surface area contributed by atoms with E-state index in [1.807, 2.05) is 39.1 Å². The van der Waals surface area contributed by atoms with Crippen LogP contribution in [0.3, 0.4) is 0 Å². The van der Waals surface area contributed by atoms with Crippen LogP contribution < -0.4 is 10.6 Å². The Morgan fingerprint density at radius 1 is 1.30 bits per heavy atom. The zero-order valence-electron chi connectivity index (χ0n) is 13.7. The lowest BCUT2D eigenvalue weighted by atomic mass is 10.1. The van der Waals surface area contributed by atoms with Crippen LogP contribution in [0.4, 0.5) is 10.6 Å². The van der Waals surface area contributed by atoms with Gasteiger partial charge < -0.3 is 10.1 Å². The van der Waals surface area contributed by atoms with E-state index in [4.69, 9.17) is 4.74 Å². The van der Waals surface area contributed by atoms with Crippen molar-refractivity contribution >= 4 is 11.8 Å². The number of anilines is 1. The van der Waals surface area contributed by atoms with Gasteiger partial charge in [-0.15, -0.1) is 0 Å². The maximum Gasteiger partial charge on any atom is 0.320 e. The van der Waals surface area contributed by atoms with Gasteiger partial charge in [-0.25, -0.2) is 4.79 Å². The lowest BCUT2D eigenvalue weighted by Gasteiger charge is -2.25. The third-order valence-corrected chi connectivity index (χ3v) is 3.10. The molecule has 124 valence electrons. The molecular formula is C16H23N5O2. The van der Waals surface area contributed by atoms with Gasteiger partial charge in [-0.05, 0) is 38.5 Å². The smallest absolute Gasteiger partial charge is 0.320 e. The van der Waals surface area contributed by atoms with Gasteiger partial charge in [-0.3, -0.25) is 15.0 Å². The molecule has 0 spiro atoms. The number of aromatic nitrogens is 3. The van der Waals surface area contributed by atoms with Gasteiger partial charge in [0.2, 0.25) is 0 Å². The highest BCUT2D eigenvalue weighted by Gasteiger charge is 2.20. The lowest BCUT2D eigenvalue weighted by molar-refractivity contribution is 0.0964. The first-order chi connectivity index (χ1) is 11.0. The molecule has 2 aromatic rings. The van der Waals surface area contributed by atoms with Gasteiger partial charge in [0.05, 0.1) is 18.7 Å². The molecule has 7 nitrogen and oxygen atoms in total. The van der Waals surface area contributed by atoms with Crippen molar-refractivity contribution in [3.05, 3.63) is 42.4 Å². The van der Waals surface area contributed by atoms with Crippen LogP contribution in [0.1, 0.15) is 26.3 Å². The van der Waals surface area contributed by atoms with E-state index in [-0.39, 0.29) is 6.03 Å². The summed E-state index contributed by atoms with van der Waals surface area (Å²) in [5.41, 5.74) is 0.650. The van der Waals surface area contributed by atoms with Gasteiger partial charge >= 0.3 is 6.03 Å². The first kappa shape index (κ1) is 17.0. The quantitative estimate of drug-likeness (QED) is 0.821. The largest absolute Gasteiger partial charge is 0.379 e. The number of ether oxygens (including phenoxy) is 1. The number of urea groups is 1. The maximum atomic E-state index is 12.0. The molecule has 2 heterocycles. The van der Waals surface area contributed by atoms with Crippen LogP contribution in [0.15, 0.2) is 36.8 Å². The monoisotopic (exact) mass is 317 g/mol. The minimum absolute atomic E-state index is 0.302. The minimum atomic E-state index is -0.445. The number of carbonyl (C=O) groups excluding carboxylic acids is 1. The van der Waals surface area contributed by atoms with E-state index < -0.39 is 5.54 Å². The molecular weight excluding hydrogens is 294 g/mol. The van der Waals surface area contributed by atoms with Crippen LogP contribution in [0.25, 0.3) is 0 Å². The van der Waals surface area contributed by atoms with E-state index in [1.165, 1.54) is 0 Å². The average Bonchev–Trinajstić information content (AvgIpc) is 2.92. The Morgan fingerprint density at radius 3 is 2.74 bits per heavy atom. The molecule has 0 unspecified atom stereocenters. The van der Waals surface area contributed by atoms with E-state index in [1.54, 1.807) is 23.1 Å². The van der Waals surface area contributed by atoms with Crippen LogP contribution in [0, 0.1) is 0 Å². The van der Waals surface area contributed by atoms with Crippen molar-refractivity contribution in [3.8, 4) is 0 Å². The van der Waals surface area contributed by atoms with E-state index in [0.717, 1.165) is 5.56 Å². The molecule has 0 bridgehead atoms. The average molecular weight is 317 g/mol. The van der Waals surface area contributed by atoms with Crippen molar-refractivity contribution in [3.63, 3.8) is 0 Å². The summed E-state index contributed by atoms with van der Waals surface area (Å²) in [5.74, 6) is 0.503. The highest BCUT2D eigenvalue weighted by Crippen LogP contribution is 2.07. The van der Waals surface area contributed by atoms with Crippen molar-refractivity contribution in [2.45, 2.75) is 32.9 Å². The van der Waals surface area contributed by atoms with Crippen LogP contribution in [0.5, 0.6) is 0 Å². The molecule has 2 rings (SSSR count). The summed E-state index contributed by atoms with van der Waals surface area (Å²) in [4.78, 5) is 16.0. The molecule has 2 N–H and O–H groups in total. The predicted molar refractivity (Wildman–Crippen MR) is 88.3 cm³/mol. The van der Waals surface area contributed by atoms with Crippen molar-refractivity contribution < 1.29 is 9.53 Å². The molecule has 0 saturated heterocycles. The molecule has 0 saturated carbocycles. The lowest BCUT2D eigenvalue weighted by Crippen LogP contribution is -2.48. The number of hydrogen-bond donors (Lipinski definition) is 2. The van der Waals surface area contributed by atoms with Crippen molar-refractivity contribution in [1.82, 2.24) is 20.1 Å². The Balaban J connectivity index is 1.87. The number of nitrogens with zero attached hydrogens (tertiary/aromatic N) is 3. The van der Waals surface area contributed by atoms with Crippen molar-refractivity contribution in [1.29, 1.82) is 0 Å². The Morgan fingerprint density at radius 2 is 2.04 bits per heavy atom.